The van der Waals surface area contributed by atoms with Crippen LogP contribution in [0.1, 0.15) is 23.3 Å². The second-order valence-electron chi connectivity index (χ2n) is 3.81. The van der Waals surface area contributed by atoms with Crippen molar-refractivity contribution in [1.82, 2.24) is 14.9 Å². The number of hydrogen-bond acceptors (Lipinski definition) is 4. The van der Waals surface area contributed by atoms with Gasteiger partial charge in [0.25, 0.3) is 5.91 Å². The Labute approximate surface area is 92.8 Å². The highest BCUT2D eigenvalue weighted by atomic mass is 16.2. The summed E-state index contributed by atoms with van der Waals surface area (Å²) in [5.74, 6) is -0.206. The number of carbonyl (C=O) groups excluding carboxylic acids is 2. The van der Waals surface area contributed by atoms with Crippen molar-refractivity contribution in [3.63, 3.8) is 0 Å². The predicted octanol–water partition coefficient (Wildman–Crippen LogP) is -0.697. The van der Waals surface area contributed by atoms with E-state index in [1.807, 2.05) is 0 Å². The van der Waals surface area contributed by atoms with Crippen LogP contribution in [-0.4, -0.2) is 34.0 Å². The summed E-state index contributed by atoms with van der Waals surface area (Å²) >= 11 is 0. The minimum atomic E-state index is -0.410. The highest BCUT2D eigenvalue weighted by Crippen LogP contribution is 2.09. The number of imidazole rings is 1. The van der Waals surface area contributed by atoms with Crippen molar-refractivity contribution in [2.24, 2.45) is 5.73 Å². The molecule has 1 aliphatic heterocycles. The topological polar surface area (TPSA) is 90.0 Å². The second kappa shape index (κ2) is 4.44. The van der Waals surface area contributed by atoms with Crippen LogP contribution in [0.5, 0.6) is 0 Å². The molecule has 0 bridgehead atoms. The summed E-state index contributed by atoms with van der Waals surface area (Å²) in [5, 5.41) is 2.63. The summed E-state index contributed by atoms with van der Waals surface area (Å²) in [4.78, 5) is 26.9. The molecule has 1 aromatic rings. The summed E-state index contributed by atoms with van der Waals surface area (Å²) in [6, 6.07) is -0.410. The standard InChI is InChI=1S/C10H14N4O2/c11-4-3-7-5-14(6-12-7)10(16)8-1-2-9(15)13-8/h5-6,8H,1-4,11H2,(H,13,15)/t8-/m0/s1. The zero-order valence-electron chi connectivity index (χ0n) is 8.85. The van der Waals surface area contributed by atoms with Gasteiger partial charge in [-0.15, -0.1) is 0 Å². The maximum absolute atomic E-state index is 11.9. The molecule has 1 atom stereocenters. The molecular formula is C10H14N4O2. The molecule has 0 spiro atoms. The van der Waals surface area contributed by atoms with Crippen LogP contribution in [0.25, 0.3) is 0 Å². The number of nitrogens with zero attached hydrogens (tertiary/aromatic N) is 2. The Balaban J connectivity index is 2.05. The maximum atomic E-state index is 11.9. The smallest absolute Gasteiger partial charge is 0.254 e. The lowest BCUT2D eigenvalue weighted by Gasteiger charge is -2.08. The molecule has 86 valence electrons. The zero-order valence-corrected chi connectivity index (χ0v) is 8.85. The number of carbonyl (C=O) groups is 2. The third-order valence-electron chi connectivity index (χ3n) is 2.58. The molecule has 0 radical (unpaired) electrons. The second-order valence-corrected chi connectivity index (χ2v) is 3.81. The normalized spacial score (nSPS) is 19.8. The molecule has 0 unspecified atom stereocenters. The average Bonchev–Trinajstić information content (AvgIpc) is 2.87. The van der Waals surface area contributed by atoms with Gasteiger partial charge in [-0.2, -0.15) is 0 Å². The Hall–Kier alpha value is -1.69. The summed E-state index contributed by atoms with van der Waals surface area (Å²) in [6.07, 6.45) is 4.76. The molecule has 1 aromatic heterocycles. The number of nitrogens with two attached hydrogens (primary N) is 1. The Morgan fingerprint density at radius 1 is 1.69 bits per heavy atom. The molecule has 0 aliphatic carbocycles. The van der Waals surface area contributed by atoms with Gasteiger partial charge < -0.3 is 11.1 Å². The van der Waals surface area contributed by atoms with Crippen molar-refractivity contribution in [2.45, 2.75) is 25.3 Å². The summed E-state index contributed by atoms with van der Waals surface area (Å²) < 4.78 is 1.42. The van der Waals surface area contributed by atoms with Crippen molar-refractivity contribution < 1.29 is 9.59 Å². The van der Waals surface area contributed by atoms with Crippen LogP contribution in [-0.2, 0) is 11.2 Å². The third kappa shape index (κ3) is 2.11. The van der Waals surface area contributed by atoms with E-state index in [0.717, 1.165) is 5.69 Å². The van der Waals surface area contributed by atoms with Crippen LogP contribution in [0.4, 0.5) is 0 Å². The Kier molecular flexibility index (Phi) is 3.00. The first-order valence-corrected chi connectivity index (χ1v) is 5.27. The van der Waals surface area contributed by atoms with E-state index < -0.39 is 6.04 Å². The van der Waals surface area contributed by atoms with Crippen LogP contribution in [0, 0.1) is 0 Å². The molecule has 1 aliphatic rings. The quantitative estimate of drug-likeness (QED) is 0.707. The van der Waals surface area contributed by atoms with Gasteiger partial charge in [-0.25, -0.2) is 4.98 Å². The fourth-order valence-electron chi connectivity index (χ4n) is 1.74. The molecule has 16 heavy (non-hydrogen) atoms. The largest absolute Gasteiger partial charge is 0.344 e. The van der Waals surface area contributed by atoms with Gasteiger partial charge >= 0.3 is 0 Å². The SMILES string of the molecule is NCCc1cn(C(=O)[C@@H]2CCC(=O)N2)cn1. The van der Waals surface area contributed by atoms with Gasteiger partial charge in [0.2, 0.25) is 5.91 Å². The van der Waals surface area contributed by atoms with Crippen LogP contribution >= 0.6 is 0 Å². The first-order chi connectivity index (χ1) is 7.70. The van der Waals surface area contributed by atoms with E-state index in [0.29, 0.717) is 25.8 Å². The molecule has 0 aromatic carbocycles. The van der Waals surface area contributed by atoms with Crippen molar-refractivity contribution in [3.8, 4) is 0 Å². The van der Waals surface area contributed by atoms with E-state index in [2.05, 4.69) is 10.3 Å². The summed E-state index contributed by atoms with van der Waals surface area (Å²) in [5.41, 5.74) is 6.19. The molecule has 0 saturated carbocycles. The molecule has 1 amide bonds. The molecule has 3 N–H and O–H groups in total. The lowest BCUT2D eigenvalue weighted by molar-refractivity contribution is -0.119. The highest BCUT2D eigenvalue weighted by Gasteiger charge is 2.28. The molecule has 1 saturated heterocycles. The van der Waals surface area contributed by atoms with Gasteiger partial charge in [0.05, 0.1) is 5.69 Å². The van der Waals surface area contributed by atoms with Crippen molar-refractivity contribution >= 4 is 11.8 Å². The Morgan fingerprint density at radius 3 is 3.12 bits per heavy atom. The molecule has 1 fully saturated rings. The minimum Gasteiger partial charge on any atom is -0.344 e. The molecule has 6 heteroatoms. The number of amides is 1. The molecule has 2 rings (SSSR count). The van der Waals surface area contributed by atoms with Crippen molar-refractivity contribution in [1.29, 1.82) is 0 Å². The number of rotatable bonds is 3. The van der Waals surface area contributed by atoms with E-state index in [-0.39, 0.29) is 11.8 Å². The van der Waals surface area contributed by atoms with E-state index in [1.165, 1.54) is 10.9 Å². The average molecular weight is 222 g/mol. The highest BCUT2D eigenvalue weighted by molar-refractivity contribution is 5.92. The van der Waals surface area contributed by atoms with E-state index >= 15 is 0 Å². The van der Waals surface area contributed by atoms with E-state index in [4.69, 9.17) is 5.73 Å². The van der Waals surface area contributed by atoms with Gasteiger partial charge in [0.15, 0.2) is 0 Å². The number of nitrogens with one attached hydrogen (secondary N) is 1. The Bertz CT molecular complexity index is 413. The fourth-order valence-corrected chi connectivity index (χ4v) is 1.74. The van der Waals surface area contributed by atoms with Gasteiger partial charge in [-0.3, -0.25) is 14.2 Å². The predicted molar refractivity (Wildman–Crippen MR) is 56.8 cm³/mol. The van der Waals surface area contributed by atoms with Gasteiger partial charge in [0, 0.05) is 19.0 Å². The first kappa shape index (κ1) is 10.8. The van der Waals surface area contributed by atoms with E-state index in [9.17, 15) is 9.59 Å². The van der Waals surface area contributed by atoms with Gasteiger partial charge in [-0.1, -0.05) is 0 Å². The fraction of sp³-hybridized carbons (Fsp3) is 0.500. The number of aromatic nitrogens is 2. The monoisotopic (exact) mass is 222 g/mol. The van der Waals surface area contributed by atoms with Gasteiger partial charge in [0.1, 0.15) is 12.4 Å². The lowest BCUT2D eigenvalue weighted by atomic mass is 10.2. The van der Waals surface area contributed by atoms with Crippen LogP contribution in [0.2, 0.25) is 0 Å². The maximum Gasteiger partial charge on any atom is 0.254 e. The minimum absolute atomic E-state index is 0.0688. The molecular weight excluding hydrogens is 208 g/mol. The molecule has 6 nitrogen and oxygen atoms in total. The van der Waals surface area contributed by atoms with Crippen LogP contribution in [0.3, 0.4) is 0 Å². The molecule has 2 heterocycles. The van der Waals surface area contributed by atoms with Gasteiger partial charge in [-0.05, 0) is 13.0 Å². The Morgan fingerprint density at radius 2 is 2.50 bits per heavy atom. The summed E-state index contributed by atoms with van der Waals surface area (Å²) in [6.45, 7) is 0.505. The van der Waals surface area contributed by atoms with Crippen LogP contribution < -0.4 is 11.1 Å². The summed E-state index contributed by atoms with van der Waals surface area (Å²) in [7, 11) is 0. The van der Waals surface area contributed by atoms with Crippen molar-refractivity contribution in [3.05, 3.63) is 18.2 Å². The lowest BCUT2D eigenvalue weighted by Crippen LogP contribution is -2.36. The third-order valence-corrected chi connectivity index (χ3v) is 2.58. The van der Waals surface area contributed by atoms with Crippen LogP contribution in [0.15, 0.2) is 12.5 Å². The first-order valence-electron chi connectivity index (χ1n) is 5.27. The number of hydrogen-bond donors (Lipinski definition) is 2. The zero-order chi connectivity index (χ0) is 11.5. The van der Waals surface area contributed by atoms with Crippen molar-refractivity contribution in [2.75, 3.05) is 6.54 Å². The van der Waals surface area contributed by atoms with E-state index in [1.54, 1.807) is 6.20 Å².